The first-order chi connectivity index (χ1) is 22.4. The lowest BCUT2D eigenvalue weighted by Gasteiger charge is -2.31. The third-order valence-corrected chi connectivity index (χ3v) is 9.14. The molecule has 3 unspecified atom stereocenters. The third kappa shape index (κ3) is 11.7. The maximum atomic E-state index is 13.6. The molecule has 2 aromatic rings. The summed E-state index contributed by atoms with van der Waals surface area (Å²) < 4.78 is 18.3. The maximum Gasteiger partial charge on any atom is 0.312 e. The number of amides is 1. The molecule has 1 aliphatic carbocycles. The number of allylic oxidation sites excluding steroid dienone is 1. The minimum Gasteiger partial charge on any atom is -0.466 e. The number of benzene rings is 2. The van der Waals surface area contributed by atoms with E-state index in [2.05, 4.69) is 6.92 Å². The van der Waals surface area contributed by atoms with Crippen LogP contribution in [0.1, 0.15) is 90.2 Å². The van der Waals surface area contributed by atoms with Crippen molar-refractivity contribution in [3.63, 3.8) is 0 Å². The van der Waals surface area contributed by atoms with Gasteiger partial charge in [0, 0.05) is 24.6 Å². The summed E-state index contributed by atoms with van der Waals surface area (Å²) >= 11 is 0. The Hall–Kier alpha value is -3.00. The van der Waals surface area contributed by atoms with Crippen LogP contribution in [0.15, 0.2) is 72.3 Å². The van der Waals surface area contributed by atoms with Crippen LogP contribution in [0.25, 0.3) is 0 Å². The number of aliphatic hydroxyl groups excluding tert-OH is 1. The molecule has 0 saturated heterocycles. The summed E-state index contributed by atoms with van der Waals surface area (Å²) in [5.74, 6) is -1.62. The van der Waals surface area contributed by atoms with Crippen LogP contribution in [-0.2, 0) is 37.0 Å². The summed E-state index contributed by atoms with van der Waals surface area (Å²) in [5, 5.41) is 11.6. The van der Waals surface area contributed by atoms with E-state index in [0.29, 0.717) is 58.8 Å². The molecule has 7 nitrogen and oxygen atoms in total. The number of aliphatic hydroxyl groups is 1. The van der Waals surface area contributed by atoms with E-state index >= 15 is 0 Å². The van der Waals surface area contributed by atoms with E-state index in [1.165, 1.54) is 0 Å². The number of nitrogens with zero attached hydrogens (tertiary/aromatic N) is 1. The Labute approximate surface area is 277 Å². The molecule has 1 saturated carbocycles. The highest BCUT2D eigenvalue weighted by Crippen LogP contribution is 2.50. The number of hydrogen-bond donors (Lipinski definition) is 1. The molecule has 7 heteroatoms. The highest BCUT2D eigenvalue weighted by Gasteiger charge is 2.49. The predicted octanol–water partition coefficient (Wildman–Crippen LogP) is 7.51. The Bertz CT molecular complexity index is 1130. The second-order valence-corrected chi connectivity index (χ2v) is 12.7. The van der Waals surface area contributed by atoms with Gasteiger partial charge in [-0.1, -0.05) is 105 Å². The number of hydrogen-bond acceptors (Lipinski definition) is 6. The second kappa shape index (κ2) is 20.3. The van der Waals surface area contributed by atoms with E-state index in [0.717, 1.165) is 48.8 Å². The van der Waals surface area contributed by atoms with Crippen molar-refractivity contribution in [1.82, 2.24) is 4.90 Å². The predicted molar refractivity (Wildman–Crippen MR) is 183 cm³/mol. The van der Waals surface area contributed by atoms with Gasteiger partial charge in [0.05, 0.1) is 45.1 Å². The fourth-order valence-corrected chi connectivity index (χ4v) is 6.68. The Morgan fingerprint density at radius 2 is 1.43 bits per heavy atom. The summed E-state index contributed by atoms with van der Waals surface area (Å²) in [4.78, 5) is 28.9. The first-order valence-electron chi connectivity index (χ1n) is 17.4. The molecule has 1 fully saturated rings. The monoisotopic (exact) mass is 635 g/mol. The number of ether oxygens (including phenoxy) is 3. The van der Waals surface area contributed by atoms with Crippen molar-refractivity contribution >= 4 is 11.9 Å². The van der Waals surface area contributed by atoms with Gasteiger partial charge in [0.25, 0.3) is 0 Å². The normalized spacial score (nSPS) is 17.9. The highest BCUT2D eigenvalue weighted by atomic mass is 16.5. The molecule has 0 aromatic heterocycles. The molecule has 0 aliphatic heterocycles. The van der Waals surface area contributed by atoms with Crippen molar-refractivity contribution in [3.8, 4) is 0 Å². The number of carbonyl (C=O) groups excluding carboxylic acids is 2. The Morgan fingerprint density at radius 3 is 1.96 bits per heavy atom. The Kier molecular flexibility index (Phi) is 16.5. The van der Waals surface area contributed by atoms with Gasteiger partial charge in [-0.2, -0.15) is 0 Å². The van der Waals surface area contributed by atoms with Crippen molar-refractivity contribution < 1.29 is 28.9 Å². The molecule has 0 bridgehead atoms. The van der Waals surface area contributed by atoms with Gasteiger partial charge in [-0.3, -0.25) is 9.59 Å². The fraction of sp³-hybridized carbons (Fsp3) is 0.590. The Balaban J connectivity index is 1.95. The smallest absolute Gasteiger partial charge is 0.312 e. The zero-order chi connectivity index (χ0) is 33.2. The average molecular weight is 636 g/mol. The zero-order valence-electron chi connectivity index (χ0n) is 28.6. The maximum absolute atomic E-state index is 13.6. The van der Waals surface area contributed by atoms with Gasteiger partial charge < -0.3 is 24.2 Å². The van der Waals surface area contributed by atoms with Gasteiger partial charge in [-0.25, -0.2) is 0 Å². The third-order valence-electron chi connectivity index (χ3n) is 9.14. The van der Waals surface area contributed by atoms with E-state index in [-0.39, 0.29) is 18.4 Å². The van der Waals surface area contributed by atoms with E-state index < -0.39 is 23.4 Å². The van der Waals surface area contributed by atoms with Crippen LogP contribution >= 0.6 is 0 Å². The minimum absolute atomic E-state index is 0.0760. The molecule has 46 heavy (non-hydrogen) atoms. The van der Waals surface area contributed by atoms with Crippen LogP contribution in [0, 0.1) is 17.3 Å². The van der Waals surface area contributed by atoms with E-state index in [4.69, 9.17) is 14.2 Å². The van der Waals surface area contributed by atoms with Crippen molar-refractivity contribution in [2.45, 2.75) is 98.4 Å². The van der Waals surface area contributed by atoms with Gasteiger partial charge >= 0.3 is 5.97 Å². The Morgan fingerprint density at radius 1 is 0.870 bits per heavy atom. The zero-order valence-corrected chi connectivity index (χ0v) is 28.6. The van der Waals surface area contributed by atoms with Gasteiger partial charge in [0.2, 0.25) is 5.91 Å². The molecule has 3 rings (SSSR count). The van der Waals surface area contributed by atoms with Crippen LogP contribution < -0.4 is 0 Å². The fourth-order valence-electron chi connectivity index (χ4n) is 6.68. The molecule has 1 N–H and O–H groups in total. The molecule has 1 amide bonds. The van der Waals surface area contributed by atoms with E-state index in [1.807, 2.05) is 74.5 Å². The molecule has 0 spiro atoms. The summed E-state index contributed by atoms with van der Waals surface area (Å²) in [6.45, 7) is 11.0. The van der Waals surface area contributed by atoms with Crippen LogP contribution in [0.3, 0.4) is 0 Å². The SMILES string of the molecule is CCCCCCCC(O)C(C(=O)OCC)C1CC(COCc2ccccc2)(COCc2ccccc2)C/C1=C\C(=O)N(CC)CC. The molecular formula is C39H57NO6. The molecule has 0 radical (unpaired) electrons. The summed E-state index contributed by atoms with van der Waals surface area (Å²) in [6.07, 6.45) is 7.71. The molecule has 1 aliphatic rings. The number of unbranched alkanes of at least 4 members (excludes halogenated alkanes) is 4. The van der Waals surface area contributed by atoms with Crippen molar-refractivity contribution in [3.05, 3.63) is 83.4 Å². The summed E-state index contributed by atoms with van der Waals surface area (Å²) in [6, 6.07) is 20.1. The van der Waals surface area contributed by atoms with Gasteiger partial charge in [-0.05, 0) is 57.1 Å². The average Bonchev–Trinajstić information content (AvgIpc) is 3.39. The number of carbonyl (C=O) groups is 2. The lowest BCUT2D eigenvalue weighted by molar-refractivity contribution is -0.155. The van der Waals surface area contributed by atoms with Crippen molar-refractivity contribution in [2.24, 2.45) is 17.3 Å². The van der Waals surface area contributed by atoms with Crippen LogP contribution in [0.2, 0.25) is 0 Å². The van der Waals surface area contributed by atoms with Crippen LogP contribution in [0.4, 0.5) is 0 Å². The second-order valence-electron chi connectivity index (χ2n) is 12.7. The van der Waals surface area contributed by atoms with Crippen molar-refractivity contribution in [1.29, 1.82) is 0 Å². The van der Waals surface area contributed by atoms with E-state index in [9.17, 15) is 14.7 Å². The van der Waals surface area contributed by atoms with Gasteiger partial charge in [0.1, 0.15) is 0 Å². The molecule has 2 aromatic carbocycles. The quantitative estimate of drug-likeness (QED) is 0.0868. The molecule has 254 valence electrons. The first kappa shape index (κ1) is 37.5. The van der Waals surface area contributed by atoms with E-state index in [1.54, 1.807) is 17.9 Å². The number of rotatable bonds is 21. The first-order valence-corrected chi connectivity index (χ1v) is 17.4. The van der Waals surface area contributed by atoms with Crippen LogP contribution in [0.5, 0.6) is 0 Å². The lowest BCUT2D eigenvalue weighted by atomic mass is 9.79. The minimum atomic E-state index is -0.871. The topological polar surface area (TPSA) is 85.3 Å². The molecular weight excluding hydrogens is 578 g/mol. The van der Waals surface area contributed by atoms with Crippen molar-refractivity contribution in [2.75, 3.05) is 32.9 Å². The summed E-state index contributed by atoms with van der Waals surface area (Å²) in [5.41, 5.74) is 2.53. The molecule has 3 atom stereocenters. The standard InChI is InChI=1S/C39H57NO6/c1-5-9-10-11-18-23-35(41)37(38(43)46-8-4)34-26-39(29-44-27-31-19-14-12-15-20-31,30-45-28-32-21-16-13-17-22-32)25-33(34)24-36(42)40(6-2)7-3/h12-17,19-22,24,34-35,37,41H,5-11,18,23,25-30H2,1-4H3/b33-24+. The number of esters is 1. The van der Waals surface area contributed by atoms with Gasteiger partial charge in [0.15, 0.2) is 0 Å². The molecule has 0 heterocycles. The van der Waals surface area contributed by atoms with Crippen LogP contribution in [-0.4, -0.2) is 60.9 Å². The number of likely N-dealkylation sites (N-methyl/N-ethyl adjacent to an activating group) is 1. The largest absolute Gasteiger partial charge is 0.466 e. The highest BCUT2D eigenvalue weighted by molar-refractivity contribution is 5.88. The van der Waals surface area contributed by atoms with Gasteiger partial charge in [-0.15, -0.1) is 0 Å². The lowest BCUT2D eigenvalue weighted by Crippen LogP contribution is -2.38. The summed E-state index contributed by atoms with van der Waals surface area (Å²) in [7, 11) is 0.